The molecule has 2 aromatic heterocycles. The molecule has 0 saturated heterocycles. The van der Waals surface area contributed by atoms with Crippen molar-refractivity contribution >= 4 is 5.91 Å². The van der Waals surface area contributed by atoms with Crippen LogP contribution in [0.1, 0.15) is 27.7 Å². The predicted molar refractivity (Wildman–Crippen MR) is 78.7 cm³/mol. The molecule has 4 nitrogen and oxygen atoms in total. The quantitative estimate of drug-likeness (QED) is 0.797. The number of hydrogen-bond acceptors (Lipinski definition) is 3. The standard InChI is InChI=1S/C17H14N2O2/c20-17(15-7-4-12-21-15)19-16(13-5-2-1-3-6-13)14-8-10-18-11-9-14/h1-12,16H,(H,19,20)/t16-/m1/s1. The van der Waals surface area contributed by atoms with Gasteiger partial charge in [-0.05, 0) is 35.4 Å². The van der Waals surface area contributed by atoms with Crippen molar-refractivity contribution in [1.82, 2.24) is 10.3 Å². The molecule has 21 heavy (non-hydrogen) atoms. The van der Waals surface area contributed by atoms with E-state index < -0.39 is 0 Å². The van der Waals surface area contributed by atoms with Gasteiger partial charge in [0.1, 0.15) is 0 Å². The van der Waals surface area contributed by atoms with Crippen LogP contribution in [0.3, 0.4) is 0 Å². The summed E-state index contributed by atoms with van der Waals surface area (Å²) in [5.74, 6) is 0.0515. The number of furan rings is 1. The van der Waals surface area contributed by atoms with Crippen LogP contribution in [-0.2, 0) is 0 Å². The highest BCUT2D eigenvalue weighted by atomic mass is 16.3. The van der Waals surface area contributed by atoms with Crippen molar-refractivity contribution in [2.24, 2.45) is 0 Å². The van der Waals surface area contributed by atoms with Crippen molar-refractivity contribution in [3.63, 3.8) is 0 Å². The largest absolute Gasteiger partial charge is 0.459 e. The third kappa shape index (κ3) is 3.00. The Balaban J connectivity index is 1.92. The number of nitrogens with zero attached hydrogens (tertiary/aromatic N) is 1. The van der Waals surface area contributed by atoms with Gasteiger partial charge < -0.3 is 9.73 Å². The lowest BCUT2D eigenvalue weighted by Gasteiger charge is -2.19. The molecule has 0 aliphatic heterocycles. The summed E-state index contributed by atoms with van der Waals surface area (Å²) in [6.07, 6.45) is 4.91. The van der Waals surface area contributed by atoms with Crippen LogP contribution in [0.2, 0.25) is 0 Å². The van der Waals surface area contributed by atoms with Gasteiger partial charge in [-0.15, -0.1) is 0 Å². The lowest BCUT2D eigenvalue weighted by molar-refractivity contribution is 0.0915. The summed E-state index contributed by atoms with van der Waals surface area (Å²) < 4.78 is 5.14. The minimum absolute atomic E-state index is 0.244. The first-order chi connectivity index (χ1) is 10.3. The molecule has 0 spiro atoms. The first-order valence-corrected chi connectivity index (χ1v) is 6.64. The molecule has 1 amide bonds. The van der Waals surface area contributed by atoms with Gasteiger partial charge in [0.2, 0.25) is 0 Å². The Hall–Kier alpha value is -2.88. The minimum atomic E-state index is -0.245. The second kappa shape index (κ2) is 6.05. The van der Waals surface area contributed by atoms with Gasteiger partial charge in [0, 0.05) is 12.4 Å². The van der Waals surface area contributed by atoms with Crippen LogP contribution in [0.5, 0.6) is 0 Å². The Morgan fingerprint density at radius 3 is 2.33 bits per heavy atom. The SMILES string of the molecule is O=C(N[C@H](c1ccccc1)c1ccncc1)c1ccco1. The number of aromatic nitrogens is 1. The molecule has 0 fully saturated rings. The molecule has 2 heterocycles. The summed E-state index contributed by atoms with van der Waals surface area (Å²) in [5.41, 5.74) is 1.97. The summed E-state index contributed by atoms with van der Waals surface area (Å²) in [5, 5.41) is 2.99. The molecule has 0 aliphatic rings. The Bertz CT molecular complexity index is 655. The summed E-state index contributed by atoms with van der Waals surface area (Å²) in [7, 11) is 0. The molecular formula is C17H14N2O2. The molecule has 0 unspecified atom stereocenters. The second-order valence-corrected chi connectivity index (χ2v) is 4.58. The molecule has 0 bridgehead atoms. The van der Waals surface area contributed by atoms with E-state index in [1.54, 1.807) is 24.5 Å². The molecule has 0 saturated carbocycles. The first kappa shape index (κ1) is 13.1. The Morgan fingerprint density at radius 2 is 1.67 bits per heavy atom. The highest BCUT2D eigenvalue weighted by molar-refractivity contribution is 5.91. The fraction of sp³-hybridized carbons (Fsp3) is 0.0588. The normalized spacial score (nSPS) is 11.8. The van der Waals surface area contributed by atoms with Crippen molar-refractivity contribution in [3.8, 4) is 0 Å². The van der Waals surface area contributed by atoms with E-state index in [2.05, 4.69) is 10.3 Å². The number of carbonyl (C=O) groups excluding carboxylic acids is 1. The lowest BCUT2D eigenvalue weighted by atomic mass is 9.99. The van der Waals surface area contributed by atoms with Gasteiger partial charge in [-0.1, -0.05) is 30.3 Å². The van der Waals surface area contributed by atoms with Crippen LogP contribution in [0, 0.1) is 0 Å². The third-order valence-electron chi connectivity index (χ3n) is 3.19. The van der Waals surface area contributed by atoms with Gasteiger partial charge in [0.05, 0.1) is 12.3 Å². The number of carbonyl (C=O) groups is 1. The number of pyridine rings is 1. The summed E-state index contributed by atoms with van der Waals surface area (Å²) in [6, 6.07) is 16.7. The number of benzene rings is 1. The molecule has 3 rings (SSSR count). The van der Waals surface area contributed by atoms with Crippen molar-refractivity contribution in [2.75, 3.05) is 0 Å². The lowest BCUT2D eigenvalue weighted by Crippen LogP contribution is -2.29. The highest BCUT2D eigenvalue weighted by Gasteiger charge is 2.18. The summed E-state index contributed by atoms with van der Waals surface area (Å²) in [6.45, 7) is 0. The van der Waals surface area contributed by atoms with Crippen LogP contribution in [0.4, 0.5) is 0 Å². The van der Waals surface area contributed by atoms with E-state index in [9.17, 15) is 4.79 Å². The zero-order chi connectivity index (χ0) is 14.5. The number of amides is 1. The predicted octanol–water partition coefficient (Wildman–Crippen LogP) is 3.19. The maximum atomic E-state index is 12.2. The number of nitrogens with one attached hydrogen (secondary N) is 1. The van der Waals surface area contributed by atoms with Gasteiger partial charge in [-0.25, -0.2) is 0 Å². The maximum absolute atomic E-state index is 12.2. The van der Waals surface area contributed by atoms with Crippen LogP contribution in [-0.4, -0.2) is 10.9 Å². The monoisotopic (exact) mass is 278 g/mol. The van der Waals surface area contributed by atoms with E-state index in [-0.39, 0.29) is 11.9 Å². The highest BCUT2D eigenvalue weighted by Crippen LogP contribution is 2.21. The van der Waals surface area contributed by atoms with Gasteiger partial charge in [0.15, 0.2) is 5.76 Å². The zero-order valence-corrected chi connectivity index (χ0v) is 11.3. The molecule has 0 aliphatic carbocycles. The fourth-order valence-electron chi connectivity index (χ4n) is 2.17. The van der Waals surface area contributed by atoms with E-state index in [1.165, 1.54) is 6.26 Å². The van der Waals surface area contributed by atoms with Gasteiger partial charge in [0.25, 0.3) is 5.91 Å². The minimum Gasteiger partial charge on any atom is -0.459 e. The smallest absolute Gasteiger partial charge is 0.287 e. The van der Waals surface area contributed by atoms with Crippen LogP contribution in [0.15, 0.2) is 77.7 Å². The summed E-state index contributed by atoms with van der Waals surface area (Å²) in [4.78, 5) is 16.3. The molecule has 0 radical (unpaired) electrons. The van der Waals surface area contributed by atoms with Crippen molar-refractivity contribution in [1.29, 1.82) is 0 Å². The van der Waals surface area contributed by atoms with Gasteiger partial charge in [-0.2, -0.15) is 0 Å². The molecule has 1 aromatic carbocycles. The van der Waals surface area contributed by atoms with Crippen LogP contribution >= 0.6 is 0 Å². The average Bonchev–Trinajstić information content (AvgIpc) is 3.09. The van der Waals surface area contributed by atoms with Crippen LogP contribution in [0.25, 0.3) is 0 Å². The van der Waals surface area contributed by atoms with Crippen molar-refractivity contribution in [2.45, 2.75) is 6.04 Å². The van der Waals surface area contributed by atoms with Crippen molar-refractivity contribution in [3.05, 3.63) is 90.1 Å². The fourth-order valence-corrected chi connectivity index (χ4v) is 2.17. The molecule has 1 N–H and O–H groups in total. The van der Waals surface area contributed by atoms with E-state index in [0.717, 1.165) is 11.1 Å². The van der Waals surface area contributed by atoms with E-state index in [1.807, 2.05) is 42.5 Å². The Labute approximate surface area is 122 Å². The van der Waals surface area contributed by atoms with Gasteiger partial charge in [-0.3, -0.25) is 9.78 Å². The summed E-state index contributed by atoms with van der Waals surface area (Å²) >= 11 is 0. The van der Waals surface area contributed by atoms with E-state index in [4.69, 9.17) is 4.42 Å². The number of hydrogen-bond donors (Lipinski definition) is 1. The van der Waals surface area contributed by atoms with Gasteiger partial charge >= 0.3 is 0 Å². The Kier molecular flexibility index (Phi) is 3.78. The Morgan fingerprint density at radius 1 is 0.952 bits per heavy atom. The topological polar surface area (TPSA) is 55.1 Å². The molecule has 4 heteroatoms. The molecular weight excluding hydrogens is 264 g/mol. The molecule has 1 atom stereocenters. The van der Waals surface area contributed by atoms with E-state index >= 15 is 0 Å². The maximum Gasteiger partial charge on any atom is 0.287 e. The second-order valence-electron chi connectivity index (χ2n) is 4.58. The molecule has 3 aromatic rings. The number of rotatable bonds is 4. The third-order valence-corrected chi connectivity index (χ3v) is 3.19. The van der Waals surface area contributed by atoms with E-state index in [0.29, 0.717) is 5.76 Å². The average molecular weight is 278 g/mol. The molecule has 104 valence electrons. The van der Waals surface area contributed by atoms with Crippen LogP contribution < -0.4 is 5.32 Å². The van der Waals surface area contributed by atoms with Crippen molar-refractivity contribution < 1.29 is 9.21 Å². The zero-order valence-electron chi connectivity index (χ0n) is 11.3. The first-order valence-electron chi connectivity index (χ1n) is 6.64.